The van der Waals surface area contributed by atoms with Gasteiger partial charge in [-0.05, 0) is 29.6 Å². The van der Waals surface area contributed by atoms with Crippen LogP contribution in [0.5, 0.6) is 5.75 Å². The van der Waals surface area contributed by atoms with Crippen LogP contribution in [-0.2, 0) is 4.74 Å². The fourth-order valence-corrected chi connectivity index (χ4v) is 2.63. The van der Waals surface area contributed by atoms with Crippen LogP contribution in [0, 0.1) is 0 Å². The number of aliphatic hydroxyl groups is 1. The van der Waals surface area contributed by atoms with E-state index in [1.165, 1.54) is 0 Å². The first kappa shape index (κ1) is 20.3. The van der Waals surface area contributed by atoms with Gasteiger partial charge in [-0.3, -0.25) is 4.90 Å². The first-order valence-electron chi connectivity index (χ1n) is 8.19. The molecule has 2 unspecified atom stereocenters. The fraction of sp³-hybridized carbons (Fsp3) is 0.600. The lowest BCUT2D eigenvalue weighted by molar-refractivity contribution is 0.0492. The molecule has 0 aromatic heterocycles. The zero-order valence-corrected chi connectivity index (χ0v) is 14.3. The van der Waals surface area contributed by atoms with Crippen LogP contribution in [0.3, 0.4) is 0 Å². The monoisotopic (exact) mass is 330 g/mol. The van der Waals surface area contributed by atoms with Crippen molar-refractivity contribution in [2.75, 3.05) is 44.2 Å². The molecule has 10 radical (unpaired) electrons. The normalized spacial score (nSPS) is 18.7. The number of hydrogen-bond acceptors (Lipinski definition) is 5. The molecular weight excluding hydrogens is 310 g/mol. The van der Waals surface area contributed by atoms with Crippen molar-refractivity contribution in [3.05, 3.63) is 24.3 Å². The number of benzene rings is 1. The Hall–Kier alpha value is -0.975. The summed E-state index contributed by atoms with van der Waals surface area (Å²) in [6.45, 7) is 4.58. The Morgan fingerprint density at radius 3 is 2.12 bits per heavy atom. The zero-order valence-electron chi connectivity index (χ0n) is 14.3. The molecule has 1 fully saturated rings. The van der Waals surface area contributed by atoms with Crippen molar-refractivity contribution in [3.63, 3.8) is 0 Å². The van der Waals surface area contributed by atoms with E-state index < -0.39 is 17.3 Å². The van der Waals surface area contributed by atoms with Crippen molar-refractivity contribution in [1.29, 1.82) is 0 Å². The van der Waals surface area contributed by atoms with Crippen LogP contribution >= 0.6 is 0 Å². The van der Waals surface area contributed by atoms with Gasteiger partial charge in [0.05, 0.1) is 36.1 Å². The van der Waals surface area contributed by atoms with Gasteiger partial charge in [0.2, 0.25) is 0 Å². The minimum absolute atomic E-state index is 0.192. The summed E-state index contributed by atoms with van der Waals surface area (Å²) in [5, 5.41) is 7.11. The van der Waals surface area contributed by atoms with E-state index in [0.717, 1.165) is 38.4 Å². The maximum atomic E-state index is 8.99. The zero-order chi connectivity index (χ0) is 18.4. The van der Waals surface area contributed by atoms with Gasteiger partial charge in [0.25, 0.3) is 0 Å². The number of hydrogen-bond donors (Lipinski definition) is 1. The molecule has 2 rings (SSSR count). The summed E-state index contributed by atoms with van der Waals surface area (Å²) in [4.78, 5) is 4.51. The molecule has 0 spiro atoms. The number of rotatable bonds is 8. The molecule has 1 aromatic rings. The van der Waals surface area contributed by atoms with Crippen molar-refractivity contribution in [3.8, 4) is 5.75 Å². The van der Waals surface area contributed by atoms with E-state index >= 15 is 0 Å². The predicted molar refractivity (Wildman–Crippen MR) is 103 cm³/mol. The molecule has 2 atom stereocenters. The van der Waals surface area contributed by atoms with Gasteiger partial charge < -0.3 is 19.5 Å². The number of aliphatic hydroxyl groups excluding tert-OH is 1. The van der Waals surface area contributed by atoms with Gasteiger partial charge in [0.1, 0.15) is 21.4 Å². The highest BCUT2D eigenvalue weighted by atomic mass is 16.5. The van der Waals surface area contributed by atoms with Crippen LogP contribution in [0.4, 0.5) is 5.69 Å². The van der Waals surface area contributed by atoms with Crippen LogP contribution in [0.25, 0.3) is 0 Å². The van der Waals surface area contributed by atoms with Gasteiger partial charge >= 0.3 is 0 Å². The lowest BCUT2D eigenvalue weighted by Gasteiger charge is -2.36. The van der Waals surface area contributed by atoms with Crippen molar-refractivity contribution in [2.45, 2.75) is 17.3 Å². The molecule has 0 saturated carbocycles. The molecule has 1 aromatic carbocycles. The molecule has 0 amide bonds. The maximum Gasteiger partial charge on any atom is 0.129 e. The summed E-state index contributed by atoms with van der Waals surface area (Å²) in [7, 11) is 27.5. The standard InChI is InChI=1S/C15H19B5N2O3/c16-13(14(17)25-15(18,19)20)24-12-3-1-11(2-4-12)22-7-5-21(6-8-22)9-10-23/h1-4,13-14,23H,5-10H2. The molecule has 122 valence electrons. The SMILES string of the molecule is [B]C(Oc1ccc(N2CCN(CCO)CC2)cc1)C([B])OC([B])([B])[B]. The van der Waals surface area contributed by atoms with Gasteiger partial charge in [0, 0.05) is 44.4 Å². The van der Waals surface area contributed by atoms with Gasteiger partial charge in [0.15, 0.2) is 0 Å². The first-order valence-corrected chi connectivity index (χ1v) is 8.19. The maximum absolute atomic E-state index is 8.99. The Morgan fingerprint density at radius 2 is 1.60 bits per heavy atom. The molecule has 1 heterocycles. The molecular formula is C15H19B5N2O3. The quantitative estimate of drug-likeness (QED) is 0.576. The second-order valence-electron chi connectivity index (χ2n) is 6.06. The number of β-amino-alcohol motifs (C(OH)–C–C–N with tert-alkyl or cyclic N) is 1. The third-order valence-electron chi connectivity index (χ3n) is 3.93. The van der Waals surface area contributed by atoms with Crippen LogP contribution in [0.15, 0.2) is 24.3 Å². The third kappa shape index (κ3) is 6.68. The van der Waals surface area contributed by atoms with E-state index in [9.17, 15) is 0 Å². The summed E-state index contributed by atoms with van der Waals surface area (Å²) < 4.78 is 10.5. The topological polar surface area (TPSA) is 45.2 Å². The predicted octanol–water partition coefficient (Wildman–Crippen LogP) is -1.70. The highest BCUT2D eigenvalue weighted by molar-refractivity contribution is 6.58. The second kappa shape index (κ2) is 9.10. The smallest absolute Gasteiger partial charge is 0.129 e. The lowest BCUT2D eigenvalue weighted by Crippen LogP contribution is -2.47. The average Bonchev–Trinajstić information content (AvgIpc) is 2.55. The molecule has 5 nitrogen and oxygen atoms in total. The van der Waals surface area contributed by atoms with E-state index in [-0.39, 0.29) is 6.61 Å². The molecule has 0 aliphatic carbocycles. The molecule has 1 saturated heterocycles. The Morgan fingerprint density at radius 1 is 1.00 bits per heavy atom. The third-order valence-corrected chi connectivity index (χ3v) is 3.93. The minimum atomic E-state index is -1.87. The van der Waals surface area contributed by atoms with Gasteiger partial charge in [-0.2, -0.15) is 0 Å². The Bertz CT molecular complexity index is 521. The van der Waals surface area contributed by atoms with E-state index in [1.807, 2.05) is 24.3 Å². The Kier molecular flexibility index (Phi) is 7.41. The fourth-order valence-electron chi connectivity index (χ4n) is 2.63. The van der Waals surface area contributed by atoms with Gasteiger partial charge in [-0.15, -0.1) is 0 Å². The first-order chi connectivity index (χ1) is 11.8. The number of anilines is 1. The molecule has 1 aliphatic heterocycles. The average molecular weight is 329 g/mol. The van der Waals surface area contributed by atoms with Crippen molar-refractivity contribution in [2.24, 2.45) is 0 Å². The molecule has 25 heavy (non-hydrogen) atoms. The van der Waals surface area contributed by atoms with E-state index in [2.05, 4.69) is 9.80 Å². The number of piperazine rings is 1. The Balaban J connectivity index is 1.85. The summed E-state index contributed by atoms with van der Waals surface area (Å²) in [5.41, 5.74) is 1.09. The van der Waals surface area contributed by atoms with Crippen LogP contribution in [-0.4, -0.2) is 106 Å². The van der Waals surface area contributed by atoms with Crippen LogP contribution in [0.1, 0.15) is 0 Å². The van der Waals surface area contributed by atoms with E-state index in [0.29, 0.717) is 5.75 Å². The van der Waals surface area contributed by atoms with Crippen molar-refractivity contribution >= 4 is 44.9 Å². The molecule has 10 heteroatoms. The van der Waals surface area contributed by atoms with Crippen LogP contribution < -0.4 is 9.64 Å². The highest BCUT2D eigenvalue weighted by Gasteiger charge is 2.20. The number of ether oxygens (including phenoxy) is 2. The summed E-state index contributed by atoms with van der Waals surface area (Å²) in [6, 6.07) is 5.48. The van der Waals surface area contributed by atoms with Crippen molar-refractivity contribution < 1.29 is 14.6 Å². The molecule has 0 bridgehead atoms. The summed E-state index contributed by atoms with van der Waals surface area (Å²) in [6.07, 6.45) is 0. The Labute approximate surface area is 156 Å². The van der Waals surface area contributed by atoms with E-state index in [1.54, 1.807) is 0 Å². The minimum Gasteiger partial charge on any atom is -0.499 e. The highest BCUT2D eigenvalue weighted by Crippen LogP contribution is 2.22. The largest absolute Gasteiger partial charge is 0.499 e. The molecule has 1 aliphatic rings. The van der Waals surface area contributed by atoms with Gasteiger partial charge in [-0.25, -0.2) is 0 Å². The number of nitrogens with zero attached hydrogens (tertiary/aromatic N) is 2. The van der Waals surface area contributed by atoms with E-state index in [4.69, 9.17) is 53.8 Å². The second-order valence-corrected chi connectivity index (χ2v) is 6.06. The summed E-state index contributed by atoms with van der Waals surface area (Å²) in [5.74, 6) is 0.547. The lowest BCUT2D eigenvalue weighted by atomic mass is 9.52. The molecule has 1 N–H and O–H groups in total. The van der Waals surface area contributed by atoms with Crippen molar-refractivity contribution in [1.82, 2.24) is 4.90 Å². The van der Waals surface area contributed by atoms with Crippen LogP contribution in [0.2, 0.25) is 0 Å². The van der Waals surface area contributed by atoms with Gasteiger partial charge in [-0.1, -0.05) is 0 Å². The summed E-state index contributed by atoms with van der Waals surface area (Å²) >= 11 is 0.